The zero-order valence-electron chi connectivity index (χ0n) is 12.4. The molecule has 110 valence electrons. The highest BCUT2D eigenvalue weighted by atomic mass is 16.5. The van der Waals surface area contributed by atoms with Crippen LogP contribution in [-0.4, -0.2) is 43.3 Å². The van der Waals surface area contributed by atoms with Gasteiger partial charge in [0.05, 0.1) is 7.11 Å². The van der Waals surface area contributed by atoms with Crippen molar-refractivity contribution >= 4 is 5.82 Å². The van der Waals surface area contributed by atoms with Gasteiger partial charge in [0.25, 0.3) is 0 Å². The van der Waals surface area contributed by atoms with E-state index in [2.05, 4.69) is 26.3 Å². The third kappa shape index (κ3) is 2.87. The van der Waals surface area contributed by atoms with Gasteiger partial charge in [-0.3, -0.25) is 0 Å². The number of aromatic nitrogens is 2. The maximum absolute atomic E-state index is 5.19. The number of nitrogens with one attached hydrogen (secondary N) is 1. The quantitative estimate of drug-likeness (QED) is 0.909. The third-order valence-corrected chi connectivity index (χ3v) is 4.55. The minimum absolute atomic E-state index is 0.477. The average Bonchev–Trinajstić information content (AvgIpc) is 3.01. The zero-order chi connectivity index (χ0) is 13.9. The summed E-state index contributed by atoms with van der Waals surface area (Å²) >= 11 is 0. The second-order valence-electron chi connectivity index (χ2n) is 5.96. The maximum Gasteiger partial charge on any atom is 0.318 e. The van der Waals surface area contributed by atoms with Gasteiger partial charge in [-0.1, -0.05) is 0 Å². The van der Waals surface area contributed by atoms with Gasteiger partial charge in [-0.15, -0.1) is 0 Å². The normalized spacial score (nSPS) is 26.8. The molecule has 1 aromatic rings. The van der Waals surface area contributed by atoms with Crippen LogP contribution in [0.4, 0.5) is 5.82 Å². The first-order valence-corrected chi connectivity index (χ1v) is 7.61. The molecule has 5 heteroatoms. The molecule has 0 saturated carbocycles. The lowest BCUT2D eigenvalue weighted by molar-refractivity contribution is 0.300. The zero-order valence-corrected chi connectivity index (χ0v) is 12.4. The van der Waals surface area contributed by atoms with Crippen molar-refractivity contribution in [3.63, 3.8) is 0 Å². The summed E-state index contributed by atoms with van der Waals surface area (Å²) < 4.78 is 5.19. The summed E-state index contributed by atoms with van der Waals surface area (Å²) in [5, 5.41) is 3.49. The van der Waals surface area contributed by atoms with Crippen LogP contribution in [0, 0.1) is 18.8 Å². The van der Waals surface area contributed by atoms with Crippen LogP contribution >= 0.6 is 0 Å². The van der Waals surface area contributed by atoms with Crippen molar-refractivity contribution in [3.8, 4) is 6.01 Å². The van der Waals surface area contributed by atoms with E-state index in [9.17, 15) is 0 Å². The van der Waals surface area contributed by atoms with E-state index in [-0.39, 0.29) is 0 Å². The molecule has 0 aliphatic carbocycles. The van der Waals surface area contributed by atoms with Gasteiger partial charge in [0.2, 0.25) is 0 Å². The Morgan fingerprint density at radius 3 is 2.95 bits per heavy atom. The smallest absolute Gasteiger partial charge is 0.318 e. The monoisotopic (exact) mass is 276 g/mol. The van der Waals surface area contributed by atoms with Gasteiger partial charge in [-0.05, 0) is 51.1 Å². The summed E-state index contributed by atoms with van der Waals surface area (Å²) in [7, 11) is 1.63. The van der Waals surface area contributed by atoms with E-state index in [1.807, 2.05) is 6.92 Å². The van der Waals surface area contributed by atoms with Gasteiger partial charge < -0.3 is 15.0 Å². The molecule has 0 aromatic carbocycles. The summed E-state index contributed by atoms with van der Waals surface area (Å²) in [5.74, 6) is 2.65. The highest BCUT2D eigenvalue weighted by molar-refractivity contribution is 5.41. The van der Waals surface area contributed by atoms with E-state index in [1.165, 1.54) is 32.4 Å². The van der Waals surface area contributed by atoms with E-state index in [4.69, 9.17) is 4.74 Å². The van der Waals surface area contributed by atoms with E-state index < -0.39 is 0 Å². The van der Waals surface area contributed by atoms with Crippen LogP contribution in [-0.2, 0) is 0 Å². The standard InChI is InChI=1S/C15H24N4O/c1-11-8-14(18-15(17-11)20-2)19-7-3-4-13(10-19)12-5-6-16-9-12/h8,12-13,16H,3-7,9-10H2,1-2H3. The van der Waals surface area contributed by atoms with Gasteiger partial charge in [-0.2, -0.15) is 4.98 Å². The van der Waals surface area contributed by atoms with E-state index in [0.29, 0.717) is 6.01 Å². The summed E-state index contributed by atoms with van der Waals surface area (Å²) in [4.78, 5) is 11.2. The summed E-state index contributed by atoms with van der Waals surface area (Å²) in [6, 6.07) is 2.54. The number of hydrogen-bond acceptors (Lipinski definition) is 5. The molecule has 1 aromatic heterocycles. The second-order valence-corrected chi connectivity index (χ2v) is 5.96. The van der Waals surface area contributed by atoms with Crippen LogP contribution in [0.3, 0.4) is 0 Å². The number of piperidine rings is 1. The van der Waals surface area contributed by atoms with Gasteiger partial charge in [0.1, 0.15) is 5.82 Å². The highest BCUT2D eigenvalue weighted by Crippen LogP contribution is 2.30. The molecule has 2 atom stereocenters. The van der Waals surface area contributed by atoms with E-state index in [1.54, 1.807) is 7.11 Å². The fraction of sp³-hybridized carbons (Fsp3) is 0.733. The molecule has 20 heavy (non-hydrogen) atoms. The lowest BCUT2D eigenvalue weighted by Crippen LogP contribution is -2.39. The summed E-state index contributed by atoms with van der Waals surface area (Å²) in [6.45, 7) is 6.57. The van der Waals surface area contributed by atoms with Crippen LogP contribution in [0.25, 0.3) is 0 Å². The van der Waals surface area contributed by atoms with Gasteiger partial charge in [0.15, 0.2) is 0 Å². The van der Waals surface area contributed by atoms with Gasteiger partial charge >= 0.3 is 6.01 Å². The number of nitrogens with zero attached hydrogens (tertiary/aromatic N) is 3. The minimum atomic E-state index is 0.477. The largest absolute Gasteiger partial charge is 0.467 e. The predicted octanol–water partition coefficient (Wildman–Crippen LogP) is 1.62. The Morgan fingerprint density at radius 2 is 2.20 bits per heavy atom. The number of anilines is 1. The first kappa shape index (κ1) is 13.6. The topological polar surface area (TPSA) is 50.3 Å². The molecule has 2 unspecified atom stereocenters. The van der Waals surface area contributed by atoms with Crippen molar-refractivity contribution in [1.82, 2.24) is 15.3 Å². The van der Waals surface area contributed by atoms with Crippen molar-refractivity contribution in [2.24, 2.45) is 11.8 Å². The van der Waals surface area contributed by atoms with Crippen LogP contribution < -0.4 is 15.0 Å². The fourth-order valence-electron chi connectivity index (χ4n) is 3.46. The number of aryl methyl sites for hydroxylation is 1. The van der Waals surface area contributed by atoms with Gasteiger partial charge in [-0.25, -0.2) is 4.98 Å². The minimum Gasteiger partial charge on any atom is -0.467 e. The van der Waals surface area contributed by atoms with E-state index >= 15 is 0 Å². The molecular formula is C15H24N4O. The number of rotatable bonds is 3. The van der Waals surface area contributed by atoms with Crippen LogP contribution in [0.5, 0.6) is 6.01 Å². The van der Waals surface area contributed by atoms with Crippen molar-refractivity contribution in [3.05, 3.63) is 11.8 Å². The Bertz CT molecular complexity index is 459. The fourth-order valence-corrected chi connectivity index (χ4v) is 3.46. The molecule has 3 rings (SSSR count). The molecule has 1 N–H and O–H groups in total. The average molecular weight is 276 g/mol. The maximum atomic E-state index is 5.19. The molecule has 3 heterocycles. The Morgan fingerprint density at radius 1 is 1.30 bits per heavy atom. The summed E-state index contributed by atoms with van der Waals surface area (Å²) in [5.41, 5.74) is 0.969. The van der Waals surface area contributed by atoms with Crippen molar-refractivity contribution in [2.75, 3.05) is 38.2 Å². The lowest BCUT2D eigenvalue weighted by atomic mass is 9.85. The molecule has 2 aliphatic heterocycles. The van der Waals surface area contributed by atoms with Crippen molar-refractivity contribution in [2.45, 2.75) is 26.2 Å². The van der Waals surface area contributed by atoms with Crippen molar-refractivity contribution < 1.29 is 4.74 Å². The Balaban J connectivity index is 1.74. The molecule has 2 saturated heterocycles. The predicted molar refractivity (Wildman–Crippen MR) is 79.2 cm³/mol. The number of methoxy groups -OCH3 is 1. The number of hydrogen-bond donors (Lipinski definition) is 1. The second kappa shape index (κ2) is 5.95. The molecule has 0 radical (unpaired) electrons. The Kier molecular flexibility index (Phi) is 4.05. The molecule has 5 nitrogen and oxygen atoms in total. The molecular weight excluding hydrogens is 252 g/mol. The van der Waals surface area contributed by atoms with E-state index in [0.717, 1.165) is 36.4 Å². The lowest BCUT2D eigenvalue weighted by Gasteiger charge is -2.36. The molecule has 0 spiro atoms. The highest BCUT2D eigenvalue weighted by Gasteiger charge is 2.29. The van der Waals surface area contributed by atoms with Crippen molar-refractivity contribution in [1.29, 1.82) is 0 Å². The number of ether oxygens (including phenoxy) is 1. The first-order chi connectivity index (χ1) is 9.76. The summed E-state index contributed by atoms with van der Waals surface area (Å²) in [6.07, 6.45) is 3.93. The van der Waals surface area contributed by atoms with Crippen LogP contribution in [0.15, 0.2) is 6.07 Å². The first-order valence-electron chi connectivity index (χ1n) is 7.61. The SMILES string of the molecule is COc1nc(C)cc(N2CCCC(C3CCNC3)C2)n1. The Labute approximate surface area is 120 Å². The van der Waals surface area contributed by atoms with Gasteiger partial charge in [0, 0.05) is 24.8 Å². The molecule has 0 amide bonds. The third-order valence-electron chi connectivity index (χ3n) is 4.55. The Hall–Kier alpha value is -1.36. The molecule has 2 fully saturated rings. The van der Waals surface area contributed by atoms with Crippen LogP contribution in [0.1, 0.15) is 25.0 Å². The van der Waals surface area contributed by atoms with Crippen LogP contribution in [0.2, 0.25) is 0 Å². The molecule has 2 aliphatic rings. The molecule has 0 bridgehead atoms.